The molecule has 0 saturated heterocycles. The van der Waals surface area contributed by atoms with Gasteiger partial charge in [0.25, 0.3) is 0 Å². The Morgan fingerprint density at radius 1 is 1.42 bits per heavy atom. The van der Waals surface area contributed by atoms with Crippen LogP contribution in [0.1, 0.15) is 36.9 Å². The van der Waals surface area contributed by atoms with Crippen molar-refractivity contribution < 1.29 is 9.13 Å². The summed E-state index contributed by atoms with van der Waals surface area (Å²) in [5.74, 6) is -0.156. The van der Waals surface area contributed by atoms with E-state index in [1.807, 2.05) is 19.1 Å². The minimum Gasteiger partial charge on any atom is -0.383 e. The molecule has 1 rings (SSSR count). The van der Waals surface area contributed by atoms with Gasteiger partial charge >= 0.3 is 0 Å². The molecule has 2 unspecified atom stereocenters. The van der Waals surface area contributed by atoms with Crippen molar-refractivity contribution in [1.82, 2.24) is 5.32 Å². The number of hydrogen-bond donors (Lipinski definition) is 2. The summed E-state index contributed by atoms with van der Waals surface area (Å²) in [4.78, 5) is 0. The molecule has 3 nitrogen and oxygen atoms in total. The van der Waals surface area contributed by atoms with E-state index in [2.05, 4.69) is 5.32 Å². The van der Waals surface area contributed by atoms with Crippen LogP contribution in [0.15, 0.2) is 18.2 Å². The molecule has 19 heavy (non-hydrogen) atoms. The fourth-order valence-electron chi connectivity index (χ4n) is 2.11. The molecule has 0 bridgehead atoms. The molecule has 2 atom stereocenters. The summed E-state index contributed by atoms with van der Waals surface area (Å²) in [6.07, 6.45) is 1.92. The summed E-state index contributed by atoms with van der Waals surface area (Å²) >= 11 is 0. The van der Waals surface area contributed by atoms with Crippen molar-refractivity contribution in [3.63, 3.8) is 0 Å². The average molecular weight is 268 g/mol. The van der Waals surface area contributed by atoms with Gasteiger partial charge in [-0.25, -0.2) is 4.39 Å². The van der Waals surface area contributed by atoms with Gasteiger partial charge in [-0.3, -0.25) is 0 Å². The molecule has 4 heteroatoms. The van der Waals surface area contributed by atoms with Gasteiger partial charge < -0.3 is 15.8 Å². The van der Waals surface area contributed by atoms with Crippen LogP contribution in [0, 0.1) is 12.7 Å². The number of rotatable bonds is 8. The number of nitrogens with one attached hydrogen (secondary N) is 1. The molecule has 0 amide bonds. The Morgan fingerprint density at radius 3 is 2.74 bits per heavy atom. The minimum absolute atomic E-state index is 0.0908. The summed E-state index contributed by atoms with van der Waals surface area (Å²) < 4.78 is 18.8. The lowest BCUT2D eigenvalue weighted by atomic mass is 10.0. The van der Waals surface area contributed by atoms with Crippen molar-refractivity contribution in [3.8, 4) is 0 Å². The molecular formula is C15H25FN2O. The van der Waals surface area contributed by atoms with Gasteiger partial charge in [0.1, 0.15) is 5.82 Å². The van der Waals surface area contributed by atoms with Crippen LogP contribution in [-0.2, 0) is 4.74 Å². The summed E-state index contributed by atoms with van der Waals surface area (Å²) in [5.41, 5.74) is 7.16. The lowest BCUT2D eigenvalue weighted by molar-refractivity contribution is 0.156. The highest BCUT2D eigenvalue weighted by Crippen LogP contribution is 2.17. The maximum Gasteiger partial charge on any atom is 0.126 e. The van der Waals surface area contributed by atoms with E-state index in [4.69, 9.17) is 10.5 Å². The van der Waals surface area contributed by atoms with E-state index in [1.165, 1.54) is 0 Å². The first-order valence-electron chi connectivity index (χ1n) is 6.79. The normalized spacial score (nSPS) is 14.4. The Labute approximate surface area is 115 Å². The monoisotopic (exact) mass is 268 g/mol. The zero-order valence-corrected chi connectivity index (χ0v) is 12.1. The molecule has 0 heterocycles. The van der Waals surface area contributed by atoms with Crippen molar-refractivity contribution in [1.29, 1.82) is 0 Å². The van der Waals surface area contributed by atoms with E-state index >= 15 is 0 Å². The zero-order chi connectivity index (χ0) is 14.3. The fraction of sp³-hybridized carbons (Fsp3) is 0.600. The highest BCUT2D eigenvalue weighted by Gasteiger charge is 2.14. The molecule has 0 aromatic heterocycles. The van der Waals surface area contributed by atoms with E-state index in [0.717, 1.165) is 18.4 Å². The number of aryl methyl sites for hydroxylation is 1. The summed E-state index contributed by atoms with van der Waals surface area (Å²) in [7, 11) is 1.69. The second kappa shape index (κ2) is 8.25. The maximum atomic E-state index is 13.6. The number of benzene rings is 1. The van der Waals surface area contributed by atoms with Crippen molar-refractivity contribution in [2.45, 2.75) is 38.8 Å². The van der Waals surface area contributed by atoms with Gasteiger partial charge in [0, 0.05) is 19.2 Å². The first kappa shape index (κ1) is 16.1. The Hall–Kier alpha value is -0.970. The predicted octanol–water partition coefficient (Wildman–Crippen LogP) is 2.54. The molecule has 0 spiro atoms. The van der Waals surface area contributed by atoms with Gasteiger partial charge in [-0.05, 0) is 50.4 Å². The first-order chi connectivity index (χ1) is 9.08. The third kappa shape index (κ3) is 5.27. The topological polar surface area (TPSA) is 47.3 Å². The quantitative estimate of drug-likeness (QED) is 0.761. The molecule has 0 aliphatic heterocycles. The summed E-state index contributed by atoms with van der Waals surface area (Å²) in [6.45, 7) is 5.12. The van der Waals surface area contributed by atoms with Crippen LogP contribution in [0.4, 0.5) is 4.39 Å². The third-order valence-electron chi connectivity index (χ3n) is 3.31. The van der Waals surface area contributed by atoms with Crippen molar-refractivity contribution in [2.24, 2.45) is 5.73 Å². The highest BCUT2D eigenvalue weighted by molar-refractivity contribution is 5.25. The van der Waals surface area contributed by atoms with Crippen molar-refractivity contribution in [2.75, 3.05) is 20.3 Å². The number of nitrogens with two attached hydrogens (primary N) is 1. The average Bonchev–Trinajstić information content (AvgIpc) is 2.39. The molecule has 1 aromatic carbocycles. The van der Waals surface area contributed by atoms with Crippen LogP contribution in [-0.4, -0.2) is 26.3 Å². The van der Waals surface area contributed by atoms with Gasteiger partial charge in [0.05, 0.1) is 6.61 Å². The van der Waals surface area contributed by atoms with E-state index < -0.39 is 0 Å². The largest absolute Gasteiger partial charge is 0.383 e. The smallest absolute Gasteiger partial charge is 0.126 e. The lowest BCUT2D eigenvalue weighted by Gasteiger charge is -2.23. The van der Waals surface area contributed by atoms with Crippen LogP contribution >= 0.6 is 0 Å². The molecule has 108 valence electrons. The molecular weight excluding hydrogens is 243 g/mol. The van der Waals surface area contributed by atoms with E-state index in [0.29, 0.717) is 18.7 Å². The van der Waals surface area contributed by atoms with Gasteiger partial charge in [-0.1, -0.05) is 12.1 Å². The number of ether oxygens (including phenoxy) is 1. The van der Waals surface area contributed by atoms with Gasteiger partial charge in [-0.2, -0.15) is 0 Å². The predicted molar refractivity (Wildman–Crippen MR) is 76.6 cm³/mol. The number of methoxy groups -OCH3 is 1. The fourth-order valence-corrected chi connectivity index (χ4v) is 2.11. The Kier molecular flexibility index (Phi) is 6.99. The SMILES string of the molecule is COCC(CCCN)NC(C)c1ccc(C)c(F)c1. The van der Waals surface area contributed by atoms with Gasteiger partial charge in [0.15, 0.2) is 0 Å². The second-order valence-electron chi connectivity index (χ2n) is 4.98. The maximum absolute atomic E-state index is 13.6. The molecule has 3 N–H and O–H groups in total. The van der Waals surface area contributed by atoms with E-state index in [9.17, 15) is 4.39 Å². The Morgan fingerprint density at radius 2 is 2.16 bits per heavy atom. The molecule has 0 aliphatic rings. The van der Waals surface area contributed by atoms with Crippen LogP contribution in [0.2, 0.25) is 0 Å². The minimum atomic E-state index is -0.156. The zero-order valence-electron chi connectivity index (χ0n) is 12.1. The van der Waals surface area contributed by atoms with Gasteiger partial charge in [-0.15, -0.1) is 0 Å². The molecule has 0 saturated carbocycles. The Bertz CT molecular complexity index is 384. The number of hydrogen-bond acceptors (Lipinski definition) is 3. The molecule has 1 aromatic rings. The standard InChI is InChI=1S/C15H25FN2O/c1-11-6-7-13(9-15(11)16)12(2)18-14(10-19-3)5-4-8-17/h6-7,9,12,14,18H,4-5,8,10,17H2,1-3H3. The van der Waals surface area contributed by atoms with Crippen molar-refractivity contribution >= 4 is 0 Å². The van der Waals surface area contributed by atoms with Crippen LogP contribution < -0.4 is 11.1 Å². The van der Waals surface area contributed by atoms with Gasteiger partial charge in [0.2, 0.25) is 0 Å². The van der Waals surface area contributed by atoms with E-state index in [1.54, 1.807) is 20.1 Å². The van der Waals surface area contributed by atoms with E-state index in [-0.39, 0.29) is 17.9 Å². The second-order valence-corrected chi connectivity index (χ2v) is 4.98. The highest BCUT2D eigenvalue weighted by atomic mass is 19.1. The van der Waals surface area contributed by atoms with Crippen LogP contribution in [0.5, 0.6) is 0 Å². The first-order valence-corrected chi connectivity index (χ1v) is 6.79. The van der Waals surface area contributed by atoms with Crippen LogP contribution in [0.25, 0.3) is 0 Å². The summed E-state index contributed by atoms with van der Waals surface area (Å²) in [5, 5.41) is 3.47. The summed E-state index contributed by atoms with van der Waals surface area (Å²) in [6, 6.07) is 5.71. The molecule has 0 aliphatic carbocycles. The van der Waals surface area contributed by atoms with Crippen LogP contribution in [0.3, 0.4) is 0 Å². The molecule has 0 fully saturated rings. The van der Waals surface area contributed by atoms with Crippen molar-refractivity contribution in [3.05, 3.63) is 35.1 Å². The molecule has 0 radical (unpaired) electrons. The Balaban J connectivity index is 2.63. The lowest BCUT2D eigenvalue weighted by Crippen LogP contribution is -2.35. The number of halogens is 1. The third-order valence-corrected chi connectivity index (χ3v) is 3.31.